The number of benzene rings is 1. The molecule has 1 aromatic carbocycles. The number of aromatic nitrogens is 1. The van der Waals surface area contributed by atoms with Crippen LogP contribution in [0.15, 0.2) is 53.7 Å². The van der Waals surface area contributed by atoms with E-state index in [0.29, 0.717) is 29.8 Å². The molecule has 0 atom stereocenters. The predicted octanol–water partition coefficient (Wildman–Crippen LogP) is 3.68. The van der Waals surface area contributed by atoms with Gasteiger partial charge in [-0.2, -0.15) is 4.99 Å². The Labute approximate surface area is 242 Å². The monoisotopic (exact) mass is 558 g/mol. The van der Waals surface area contributed by atoms with E-state index in [1.54, 1.807) is 18.3 Å². The average molecular weight is 559 g/mol. The number of aromatic amines is 1. The number of anilines is 1. The molecule has 2 aromatic rings. The van der Waals surface area contributed by atoms with Crippen LogP contribution >= 0.6 is 0 Å². The molecule has 0 radical (unpaired) electrons. The van der Waals surface area contributed by atoms with Crippen LogP contribution in [-0.4, -0.2) is 102 Å². The molecule has 2 saturated heterocycles. The number of likely N-dealkylation sites (tertiary alicyclic amines) is 2. The van der Waals surface area contributed by atoms with E-state index >= 15 is 0 Å². The van der Waals surface area contributed by atoms with Crippen LogP contribution in [0.25, 0.3) is 5.57 Å². The molecule has 10 heteroatoms. The highest BCUT2D eigenvalue weighted by Gasteiger charge is 2.39. The number of guanidine groups is 1. The van der Waals surface area contributed by atoms with Crippen molar-refractivity contribution in [2.24, 2.45) is 10.4 Å². The standard InChI is InChI=1S/C31H42N8O2/c1-31(2)20-39(21-31)30(41)38-18-11-22(12-19-38)26-6-5-15-33-27(26)35-29(32)34-24-9-7-23(8-10-24)28(40)37(4)25-13-16-36(3)17-14-25/h5-11,15,25H,12-14,16-21H2,1-4H3,(H3,32,33,34,35). The molecule has 218 valence electrons. The Kier molecular flexibility index (Phi) is 8.30. The Morgan fingerprint density at radius 2 is 1.78 bits per heavy atom. The summed E-state index contributed by atoms with van der Waals surface area (Å²) in [5, 5.41) is 11.5. The van der Waals surface area contributed by atoms with Crippen molar-refractivity contribution in [3.63, 3.8) is 0 Å². The van der Waals surface area contributed by atoms with Gasteiger partial charge < -0.3 is 29.9 Å². The van der Waals surface area contributed by atoms with Crippen LogP contribution in [0.2, 0.25) is 0 Å². The van der Waals surface area contributed by atoms with Crippen molar-refractivity contribution in [3.8, 4) is 0 Å². The minimum absolute atomic E-state index is 0.00941. The van der Waals surface area contributed by atoms with Gasteiger partial charge in [-0.15, -0.1) is 0 Å². The summed E-state index contributed by atoms with van der Waals surface area (Å²) in [6.45, 7) is 9.20. The fourth-order valence-electron chi connectivity index (χ4n) is 5.91. The van der Waals surface area contributed by atoms with Gasteiger partial charge in [0.15, 0.2) is 0 Å². The Bertz CT molecular complexity index is 1380. The molecule has 41 heavy (non-hydrogen) atoms. The zero-order chi connectivity index (χ0) is 29.1. The summed E-state index contributed by atoms with van der Waals surface area (Å²) in [7, 11) is 4.00. The molecule has 0 saturated carbocycles. The summed E-state index contributed by atoms with van der Waals surface area (Å²) >= 11 is 0. The van der Waals surface area contributed by atoms with Crippen molar-refractivity contribution >= 4 is 29.2 Å². The fourth-order valence-corrected chi connectivity index (χ4v) is 5.91. The van der Waals surface area contributed by atoms with Crippen LogP contribution in [-0.2, 0) is 0 Å². The third-order valence-corrected chi connectivity index (χ3v) is 8.34. The van der Waals surface area contributed by atoms with Crippen molar-refractivity contribution in [1.29, 1.82) is 5.41 Å². The van der Waals surface area contributed by atoms with Gasteiger partial charge in [0, 0.05) is 67.7 Å². The molecule has 0 unspecified atom stereocenters. The number of nitrogens with one attached hydrogen (secondary N) is 3. The Morgan fingerprint density at radius 3 is 2.41 bits per heavy atom. The van der Waals surface area contributed by atoms with Crippen LogP contribution in [0.4, 0.5) is 10.5 Å². The average Bonchev–Trinajstić information content (AvgIpc) is 2.96. The van der Waals surface area contributed by atoms with E-state index in [9.17, 15) is 9.59 Å². The van der Waals surface area contributed by atoms with Crippen LogP contribution in [0.3, 0.4) is 0 Å². The number of pyridine rings is 1. The maximum Gasteiger partial charge on any atom is 0.320 e. The Balaban J connectivity index is 1.20. The van der Waals surface area contributed by atoms with Crippen molar-refractivity contribution in [2.45, 2.75) is 39.2 Å². The first-order valence-corrected chi connectivity index (χ1v) is 14.5. The van der Waals surface area contributed by atoms with Gasteiger partial charge in [-0.05, 0) is 81.4 Å². The van der Waals surface area contributed by atoms with Gasteiger partial charge in [0.1, 0.15) is 5.49 Å². The molecule has 3 N–H and O–H groups in total. The second kappa shape index (κ2) is 11.9. The molecule has 3 aliphatic heterocycles. The van der Waals surface area contributed by atoms with Crippen molar-refractivity contribution in [1.82, 2.24) is 24.6 Å². The van der Waals surface area contributed by atoms with Crippen molar-refractivity contribution < 1.29 is 9.59 Å². The van der Waals surface area contributed by atoms with E-state index in [-0.39, 0.29) is 29.4 Å². The minimum Gasteiger partial charge on any atom is -0.346 e. The highest BCUT2D eigenvalue weighted by molar-refractivity contribution is 5.96. The number of carbonyl (C=O) groups excluding carboxylic acids is 2. The third kappa shape index (κ3) is 6.70. The number of hydrogen-bond donors (Lipinski definition) is 3. The van der Waals surface area contributed by atoms with E-state index in [1.165, 1.54) is 0 Å². The van der Waals surface area contributed by atoms with Crippen LogP contribution < -0.4 is 10.8 Å². The van der Waals surface area contributed by atoms with Crippen molar-refractivity contribution in [2.75, 3.05) is 58.7 Å². The van der Waals surface area contributed by atoms with Crippen LogP contribution in [0, 0.1) is 10.8 Å². The van der Waals surface area contributed by atoms with Gasteiger partial charge in [-0.25, -0.2) is 4.79 Å². The van der Waals surface area contributed by atoms with Gasteiger partial charge >= 0.3 is 6.03 Å². The first-order valence-electron chi connectivity index (χ1n) is 14.5. The first kappa shape index (κ1) is 28.6. The second-order valence-corrected chi connectivity index (χ2v) is 12.3. The number of amides is 3. The normalized spacial score (nSPS) is 19.8. The van der Waals surface area contributed by atoms with Gasteiger partial charge in [0.25, 0.3) is 5.91 Å². The Hall–Kier alpha value is -3.92. The maximum absolute atomic E-state index is 13.0. The molecule has 3 amide bonds. The van der Waals surface area contributed by atoms with E-state index in [2.05, 4.69) is 47.2 Å². The first-order chi connectivity index (χ1) is 19.6. The lowest BCUT2D eigenvalue weighted by Crippen LogP contribution is -2.59. The lowest BCUT2D eigenvalue weighted by molar-refractivity contribution is 0.0440. The van der Waals surface area contributed by atoms with Gasteiger partial charge in [0.05, 0.1) is 0 Å². The van der Waals surface area contributed by atoms with Crippen LogP contribution in [0.5, 0.6) is 0 Å². The lowest BCUT2D eigenvalue weighted by atomic mass is 9.85. The lowest BCUT2D eigenvalue weighted by Gasteiger charge is -2.47. The Morgan fingerprint density at radius 1 is 1.07 bits per heavy atom. The maximum atomic E-state index is 13.0. The predicted molar refractivity (Wildman–Crippen MR) is 162 cm³/mol. The highest BCUT2D eigenvalue weighted by Crippen LogP contribution is 2.30. The summed E-state index contributed by atoms with van der Waals surface area (Å²) < 4.78 is 0. The molecular formula is C31H42N8O2. The minimum atomic E-state index is -0.00941. The highest BCUT2D eigenvalue weighted by atomic mass is 16.2. The molecule has 2 fully saturated rings. The summed E-state index contributed by atoms with van der Waals surface area (Å²) in [5.41, 5.74) is 4.16. The summed E-state index contributed by atoms with van der Waals surface area (Å²) in [5.74, 6) is 0.00830. The molecule has 3 aliphatic rings. The fraction of sp³-hybridized carbons (Fsp3) is 0.484. The van der Waals surface area contributed by atoms with Crippen LogP contribution in [0.1, 0.15) is 49.0 Å². The summed E-state index contributed by atoms with van der Waals surface area (Å²) in [6.07, 6.45) is 6.58. The van der Waals surface area contributed by atoms with E-state index in [0.717, 1.165) is 56.6 Å². The zero-order valence-electron chi connectivity index (χ0n) is 24.6. The number of rotatable bonds is 4. The molecule has 4 heterocycles. The van der Waals surface area contributed by atoms with E-state index in [4.69, 9.17) is 5.41 Å². The molecule has 0 aliphatic carbocycles. The number of hydrogen-bond acceptors (Lipinski definition) is 4. The van der Waals surface area contributed by atoms with Gasteiger partial charge in [-0.3, -0.25) is 10.2 Å². The summed E-state index contributed by atoms with van der Waals surface area (Å²) in [4.78, 5) is 41.5. The number of carbonyl (C=O) groups is 2. The van der Waals surface area contributed by atoms with Gasteiger partial charge in [0.2, 0.25) is 5.96 Å². The quantitative estimate of drug-likeness (QED) is 0.393. The summed E-state index contributed by atoms with van der Waals surface area (Å²) in [6, 6.07) is 11.5. The number of H-pyrrole nitrogens is 1. The molecule has 0 spiro atoms. The van der Waals surface area contributed by atoms with E-state index in [1.807, 2.05) is 46.0 Å². The molecular weight excluding hydrogens is 516 g/mol. The topological polar surface area (TPSA) is 111 Å². The SMILES string of the molecule is CN1CCC(N(C)C(=O)c2ccc(NC(=N)/N=c3\[nH]cccc3C3=CCN(C(=O)N4CC(C)(C)C4)CC3)cc2)CC1. The van der Waals surface area contributed by atoms with Crippen molar-refractivity contribution in [3.05, 3.63) is 65.3 Å². The number of piperidine rings is 1. The smallest absolute Gasteiger partial charge is 0.320 e. The molecule has 1 aromatic heterocycles. The molecule has 5 rings (SSSR count). The zero-order valence-corrected chi connectivity index (χ0v) is 24.6. The second-order valence-electron chi connectivity index (χ2n) is 12.3. The molecule has 10 nitrogen and oxygen atoms in total. The van der Waals surface area contributed by atoms with Gasteiger partial charge in [-0.1, -0.05) is 19.9 Å². The largest absolute Gasteiger partial charge is 0.346 e. The molecule has 0 bridgehead atoms. The third-order valence-electron chi connectivity index (χ3n) is 8.34. The number of urea groups is 1. The van der Waals surface area contributed by atoms with E-state index < -0.39 is 0 Å². The number of nitrogens with zero attached hydrogens (tertiary/aromatic N) is 5.